The third-order valence-electron chi connectivity index (χ3n) is 2.50. The van der Waals surface area contributed by atoms with Crippen LogP contribution < -0.4 is 0 Å². The number of hydrogen-bond acceptors (Lipinski definition) is 1. The maximum atomic E-state index is 4.41. The molecule has 1 heteroatoms. The highest BCUT2D eigenvalue weighted by Crippen LogP contribution is 2.14. The monoisotopic (exact) mass is 273 g/mol. The highest BCUT2D eigenvalue weighted by Gasteiger charge is 1.97. The highest BCUT2D eigenvalue weighted by atomic mass is 14.7. The van der Waals surface area contributed by atoms with Gasteiger partial charge in [-0.15, -0.1) is 0 Å². The lowest BCUT2D eigenvalue weighted by molar-refractivity contribution is 1.23. The molecule has 0 aliphatic rings. The molecule has 0 radical (unpaired) electrons. The van der Waals surface area contributed by atoms with Crippen LogP contribution in [0, 0.1) is 6.92 Å². The molecule has 0 aliphatic carbocycles. The minimum Gasteiger partial charge on any atom is -0.256 e. The normalized spacial score (nSPS) is 11.4. The predicted octanol–water partition coefficient (Wildman–Crippen LogP) is 6.37. The fourth-order valence-corrected chi connectivity index (χ4v) is 1.29. The second-order valence-electron chi connectivity index (χ2n) is 3.83. The van der Waals surface area contributed by atoms with Crippen molar-refractivity contribution < 1.29 is 0 Å². The average Bonchev–Trinajstić information content (AvgIpc) is 2.53. The Kier molecular flexibility index (Phi) is 14.3. The summed E-state index contributed by atoms with van der Waals surface area (Å²) in [5.74, 6) is 0. The lowest BCUT2D eigenvalue weighted by Crippen LogP contribution is -1.87. The topological polar surface area (TPSA) is 12.9 Å². The minimum atomic E-state index is 1.02. The van der Waals surface area contributed by atoms with E-state index in [0.717, 1.165) is 11.3 Å². The molecule has 0 unspecified atom stereocenters. The van der Waals surface area contributed by atoms with Crippen molar-refractivity contribution >= 4 is 5.57 Å². The van der Waals surface area contributed by atoms with Gasteiger partial charge in [-0.1, -0.05) is 63.6 Å². The van der Waals surface area contributed by atoms with Crippen LogP contribution in [-0.2, 0) is 0 Å². The highest BCUT2D eigenvalue weighted by molar-refractivity contribution is 5.71. The number of allylic oxidation sites excluding steroid dienone is 6. The molecule has 1 aromatic heterocycles. The van der Waals surface area contributed by atoms with E-state index in [0.29, 0.717) is 0 Å². The molecule has 0 aliphatic heterocycles. The molecular formula is C19H31N. The van der Waals surface area contributed by atoms with Crippen molar-refractivity contribution in [2.75, 3.05) is 0 Å². The molecule has 1 nitrogen and oxygen atoms in total. The van der Waals surface area contributed by atoms with Crippen LogP contribution in [0.2, 0.25) is 0 Å². The molecule has 0 saturated heterocycles. The summed E-state index contributed by atoms with van der Waals surface area (Å²) < 4.78 is 0. The van der Waals surface area contributed by atoms with Crippen molar-refractivity contribution in [2.24, 2.45) is 0 Å². The molecule has 112 valence electrons. The zero-order valence-electron chi connectivity index (χ0n) is 14.5. The molecule has 0 fully saturated rings. The van der Waals surface area contributed by atoms with Crippen LogP contribution in [0.25, 0.3) is 5.57 Å². The number of pyridine rings is 1. The van der Waals surface area contributed by atoms with E-state index >= 15 is 0 Å². The summed E-state index contributed by atoms with van der Waals surface area (Å²) in [6.07, 6.45) is 10.3. The summed E-state index contributed by atoms with van der Waals surface area (Å²) in [5, 5.41) is 0. The number of nitrogens with zero attached hydrogens (tertiary/aromatic N) is 1. The smallest absolute Gasteiger partial charge is 0.0698 e. The molecule has 0 atom stereocenters. The first kappa shape index (κ1) is 20.7. The van der Waals surface area contributed by atoms with Crippen molar-refractivity contribution in [3.8, 4) is 0 Å². The summed E-state index contributed by atoms with van der Waals surface area (Å²) >= 11 is 0. The predicted molar refractivity (Wildman–Crippen MR) is 93.9 cm³/mol. The molecule has 1 rings (SSSR count). The van der Waals surface area contributed by atoms with E-state index in [-0.39, 0.29) is 0 Å². The third kappa shape index (κ3) is 8.47. The van der Waals surface area contributed by atoms with E-state index in [2.05, 4.69) is 48.3 Å². The van der Waals surface area contributed by atoms with Crippen LogP contribution in [0.15, 0.2) is 48.2 Å². The van der Waals surface area contributed by atoms with Crippen LogP contribution in [0.5, 0.6) is 0 Å². The van der Waals surface area contributed by atoms with Crippen molar-refractivity contribution in [2.45, 2.75) is 55.4 Å². The lowest BCUT2D eigenvalue weighted by atomic mass is 10.1. The standard InChI is InChI=1S/C15H19N.2C2H6/c1-5-12(3)7-9-14(6-2)15-10-8-13(4)11-16-15;2*1-2/h5-11H,1-4H3;2*1-2H3/b9-7-,12-5-,14-6+;;. The van der Waals surface area contributed by atoms with Gasteiger partial charge >= 0.3 is 0 Å². The molecule has 0 aromatic carbocycles. The molecular weight excluding hydrogens is 242 g/mol. The molecule has 0 amide bonds. The SMILES string of the molecule is CC.CC.C\C=C(C)/C=C\C(=C/C)c1ccc(C)cn1. The van der Waals surface area contributed by atoms with Crippen molar-refractivity contribution in [1.29, 1.82) is 0 Å². The zero-order valence-corrected chi connectivity index (χ0v) is 14.5. The molecule has 0 spiro atoms. The molecule has 0 saturated carbocycles. The Morgan fingerprint density at radius 3 is 1.95 bits per heavy atom. The second kappa shape index (κ2) is 13.8. The molecule has 1 aromatic rings. The van der Waals surface area contributed by atoms with E-state index in [1.165, 1.54) is 11.1 Å². The maximum absolute atomic E-state index is 4.41. The molecule has 0 N–H and O–H groups in total. The van der Waals surface area contributed by atoms with E-state index in [1.807, 2.05) is 54.7 Å². The largest absolute Gasteiger partial charge is 0.256 e. The van der Waals surface area contributed by atoms with Crippen LogP contribution in [0.3, 0.4) is 0 Å². The lowest BCUT2D eigenvalue weighted by Gasteiger charge is -2.01. The van der Waals surface area contributed by atoms with E-state index in [9.17, 15) is 0 Å². The summed E-state index contributed by atoms with van der Waals surface area (Å²) in [6, 6.07) is 4.14. The Balaban J connectivity index is 0. The Hall–Kier alpha value is -1.63. The average molecular weight is 273 g/mol. The summed E-state index contributed by atoms with van der Waals surface area (Å²) in [5.41, 5.74) is 4.62. The van der Waals surface area contributed by atoms with Gasteiger partial charge < -0.3 is 0 Å². The van der Waals surface area contributed by atoms with Gasteiger partial charge in [0.2, 0.25) is 0 Å². The Bertz CT molecular complexity index is 420. The minimum absolute atomic E-state index is 1.02. The van der Waals surface area contributed by atoms with Gasteiger partial charge in [-0.05, 0) is 44.9 Å². The van der Waals surface area contributed by atoms with E-state index in [1.54, 1.807) is 0 Å². The van der Waals surface area contributed by atoms with Gasteiger partial charge in [-0.2, -0.15) is 0 Å². The molecule has 0 bridgehead atoms. The molecule has 1 heterocycles. The van der Waals surface area contributed by atoms with Gasteiger partial charge in [0.15, 0.2) is 0 Å². The Morgan fingerprint density at radius 2 is 1.55 bits per heavy atom. The van der Waals surface area contributed by atoms with Crippen LogP contribution in [-0.4, -0.2) is 4.98 Å². The van der Waals surface area contributed by atoms with Crippen LogP contribution in [0.4, 0.5) is 0 Å². The fraction of sp³-hybridized carbons (Fsp3) is 0.421. The van der Waals surface area contributed by atoms with Crippen molar-refractivity contribution in [3.05, 3.63) is 59.5 Å². The third-order valence-corrected chi connectivity index (χ3v) is 2.50. The maximum Gasteiger partial charge on any atom is 0.0698 e. The Labute approximate surface area is 126 Å². The van der Waals surface area contributed by atoms with E-state index < -0.39 is 0 Å². The van der Waals surface area contributed by atoms with Gasteiger partial charge in [0, 0.05) is 6.20 Å². The summed E-state index contributed by atoms with van der Waals surface area (Å²) in [4.78, 5) is 4.41. The van der Waals surface area contributed by atoms with Gasteiger partial charge in [0.05, 0.1) is 5.69 Å². The number of aryl methyl sites for hydroxylation is 1. The number of rotatable bonds is 3. The Morgan fingerprint density at radius 1 is 0.950 bits per heavy atom. The van der Waals surface area contributed by atoms with Crippen molar-refractivity contribution in [3.63, 3.8) is 0 Å². The van der Waals surface area contributed by atoms with Gasteiger partial charge in [0.1, 0.15) is 0 Å². The summed E-state index contributed by atoms with van der Waals surface area (Å²) in [7, 11) is 0. The second-order valence-corrected chi connectivity index (χ2v) is 3.83. The number of hydrogen-bond donors (Lipinski definition) is 0. The number of aromatic nitrogens is 1. The zero-order chi connectivity index (χ0) is 16.0. The first-order chi connectivity index (χ1) is 9.67. The fourth-order valence-electron chi connectivity index (χ4n) is 1.29. The van der Waals surface area contributed by atoms with E-state index in [4.69, 9.17) is 0 Å². The van der Waals surface area contributed by atoms with Crippen LogP contribution in [0.1, 0.15) is 59.7 Å². The first-order valence-corrected chi connectivity index (χ1v) is 7.57. The quantitative estimate of drug-likeness (QED) is 0.583. The molecule has 20 heavy (non-hydrogen) atoms. The van der Waals surface area contributed by atoms with Gasteiger partial charge in [0.25, 0.3) is 0 Å². The van der Waals surface area contributed by atoms with Gasteiger partial charge in [-0.25, -0.2) is 0 Å². The van der Waals surface area contributed by atoms with Crippen molar-refractivity contribution in [1.82, 2.24) is 4.98 Å². The first-order valence-electron chi connectivity index (χ1n) is 7.57. The van der Waals surface area contributed by atoms with Crippen LogP contribution >= 0.6 is 0 Å². The van der Waals surface area contributed by atoms with Gasteiger partial charge in [-0.3, -0.25) is 4.98 Å². The summed E-state index contributed by atoms with van der Waals surface area (Å²) in [6.45, 7) is 16.2.